The molecule has 33 heavy (non-hydrogen) atoms. The van der Waals surface area contributed by atoms with Crippen LogP contribution in [0.4, 0.5) is 16.0 Å². The van der Waals surface area contributed by atoms with E-state index in [2.05, 4.69) is 25.6 Å². The van der Waals surface area contributed by atoms with E-state index in [0.29, 0.717) is 30.2 Å². The van der Waals surface area contributed by atoms with Crippen LogP contribution in [0.5, 0.6) is 5.75 Å². The number of halogens is 1. The summed E-state index contributed by atoms with van der Waals surface area (Å²) in [5, 5.41) is 19.8. The lowest BCUT2D eigenvalue weighted by atomic mass is 10.1. The fourth-order valence-corrected chi connectivity index (χ4v) is 3.15. The maximum Gasteiger partial charge on any atom is 0.303 e. The van der Waals surface area contributed by atoms with Crippen LogP contribution in [-0.2, 0) is 4.79 Å². The molecule has 0 aliphatic carbocycles. The zero-order valence-electron chi connectivity index (χ0n) is 19.1. The van der Waals surface area contributed by atoms with Crippen molar-refractivity contribution in [1.82, 2.24) is 25.0 Å². The van der Waals surface area contributed by atoms with Gasteiger partial charge in [0.25, 0.3) is 0 Å². The predicted octanol–water partition coefficient (Wildman–Crippen LogP) is 4.92. The lowest BCUT2D eigenvalue weighted by Gasteiger charge is -2.14. The number of carboxylic acid groups (broad SMARTS) is 1. The second-order valence-electron chi connectivity index (χ2n) is 8.10. The fraction of sp³-hybridized carbons (Fsp3) is 0.435. The van der Waals surface area contributed by atoms with E-state index in [4.69, 9.17) is 9.84 Å². The summed E-state index contributed by atoms with van der Waals surface area (Å²) in [6.07, 6.45) is 6.17. The average Bonchev–Trinajstić information content (AvgIpc) is 3.26. The van der Waals surface area contributed by atoms with Crippen LogP contribution in [0.1, 0.15) is 57.6 Å². The van der Waals surface area contributed by atoms with Gasteiger partial charge < -0.3 is 15.2 Å². The predicted molar refractivity (Wildman–Crippen MR) is 122 cm³/mol. The van der Waals surface area contributed by atoms with Crippen molar-refractivity contribution >= 4 is 17.6 Å². The molecule has 2 N–H and O–H groups in total. The summed E-state index contributed by atoms with van der Waals surface area (Å²) < 4.78 is 22.0. The van der Waals surface area contributed by atoms with Crippen LogP contribution in [0.3, 0.4) is 0 Å². The first-order valence-electron chi connectivity index (χ1n) is 11.0. The lowest BCUT2D eigenvalue weighted by molar-refractivity contribution is -0.137. The molecule has 0 bridgehead atoms. The van der Waals surface area contributed by atoms with Gasteiger partial charge in [-0.25, -0.2) is 19.0 Å². The minimum Gasteiger partial charge on any atom is -0.491 e. The lowest BCUT2D eigenvalue weighted by Crippen LogP contribution is -2.04. The Kier molecular flexibility index (Phi) is 8.28. The number of rotatable bonds is 12. The number of hydrogen-bond donors (Lipinski definition) is 2. The molecule has 9 nitrogen and oxygen atoms in total. The molecule has 0 radical (unpaired) electrons. The second-order valence-corrected chi connectivity index (χ2v) is 8.10. The molecule has 0 unspecified atom stereocenters. The molecule has 0 spiro atoms. The number of nitrogens with one attached hydrogen (secondary N) is 1. The van der Waals surface area contributed by atoms with Crippen molar-refractivity contribution in [3.05, 3.63) is 42.0 Å². The Hall–Kier alpha value is -3.56. The highest BCUT2D eigenvalue weighted by atomic mass is 19.1. The van der Waals surface area contributed by atoms with Gasteiger partial charge in [0.05, 0.1) is 24.7 Å². The van der Waals surface area contributed by atoms with E-state index in [1.54, 1.807) is 10.9 Å². The summed E-state index contributed by atoms with van der Waals surface area (Å²) in [5.41, 5.74) is 2.08. The van der Waals surface area contributed by atoms with Gasteiger partial charge in [0, 0.05) is 12.5 Å². The Morgan fingerprint density at radius 3 is 2.76 bits per heavy atom. The van der Waals surface area contributed by atoms with Gasteiger partial charge in [0.2, 0.25) is 5.95 Å². The van der Waals surface area contributed by atoms with Crippen molar-refractivity contribution in [2.45, 2.75) is 58.9 Å². The molecular weight excluding hydrogens is 427 g/mol. The molecular formula is C23H29FN6O3. The van der Waals surface area contributed by atoms with Crippen LogP contribution < -0.4 is 10.1 Å². The summed E-state index contributed by atoms with van der Waals surface area (Å²) in [4.78, 5) is 18.9. The fourth-order valence-electron chi connectivity index (χ4n) is 3.15. The molecule has 0 fully saturated rings. The number of benzene rings is 1. The Morgan fingerprint density at radius 1 is 1.24 bits per heavy atom. The number of ether oxygens (including phenoxy) is 1. The number of carbonyl (C=O) groups is 1. The minimum atomic E-state index is -0.766. The van der Waals surface area contributed by atoms with Crippen LogP contribution in [-0.4, -0.2) is 42.6 Å². The number of anilines is 2. The molecule has 0 aliphatic rings. The molecule has 0 saturated heterocycles. The largest absolute Gasteiger partial charge is 0.491 e. The third-order valence-electron chi connectivity index (χ3n) is 4.95. The van der Waals surface area contributed by atoms with Crippen molar-refractivity contribution in [2.75, 3.05) is 11.9 Å². The minimum absolute atomic E-state index is 0.0656. The van der Waals surface area contributed by atoms with Gasteiger partial charge in [0.15, 0.2) is 5.82 Å². The summed E-state index contributed by atoms with van der Waals surface area (Å²) in [5.74, 6) is -0.502. The molecule has 3 rings (SSSR count). The smallest absolute Gasteiger partial charge is 0.303 e. The molecule has 0 atom stereocenters. The van der Waals surface area contributed by atoms with Crippen LogP contribution >= 0.6 is 0 Å². The van der Waals surface area contributed by atoms with E-state index in [-0.39, 0.29) is 24.1 Å². The van der Waals surface area contributed by atoms with Gasteiger partial charge in [-0.2, -0.15) is 0 Å². The van der Waals surface area contributed by atoms with Crippen molar-refractivity contribution in [2.24, 2.45) is 0 Å². The van der Waals surface area contributed by atoms with Crippen molar-refractivity contribution < 1.29 is 19.0 Å². The summed E-state index contributed by atoms with van der Waals surface area (Å²) in [6.45, 7) is 6.37. The Labute approximate surface area is 192 Å². The highest BCUT2D eigenvalue weighted by molar-refractivity contribution is 5.66. The van der Waals surface area contributed by atoms with Crippen LogP contribution in [0.25, 0.3) is 11.4 Å². The van der Waals surface area contributed by atoms with Crippen molar-refractivity contribution in [3.8, 4) is 17.1 Å². The van der Waals surface area contributed by atoms with Crippen molar-refractivity contribution in [3.63, 3.8) is 0 Å². The average molecular weight is 457 g/mol. The van der Waals surface area contributed by atoms with Crippen LogP contribution in [0.15, 0.2) is 30.6 Å². The first-order valence-corrected chi connectivity index (χ1v) is 11.0. The molecule has 0 aliphatic heterocycles. The molecule has 0 amide bonds. The third-order valence-corrected chi connectivity index (χ3v) is 4.95. The van der Waals surface area contributed by atoms with E-state index in [0.717, 1.165) is 31.0 Å². The number of nitrogens with zero attached hydrogens (tertiary/aromatic N) is 5. The molecule has 1 aromatic carbocycles. The highest BCUT2D eigenvalue weighted by Gasteiger charge is 2.15. The Balaban J connectivity index is 1.67. The van der Waals surface area contributed by atoms with E-state index in [9.17, 15) is 9.18 Å². The number of aryl methyl sites for hydroxylation is 1. The van der Waals surface area contributed by atoms with Crippen LogP contribution in [0, 0.1) is 12.7 Å². The molecule has 2 aromatic heterocycles. The monoisotopic (exact) mass is 456 g/mol. The quantitative estimate of drug-likeness (QED) is 0.369. The van der Waals surface area contributed by atoms with E-state index in [1.165, 1.54) is 0 Å². The second kappa shape index (κ2) is 11.3. The zero-order valence-corrected chi connectivity index (χ0v) is 19.1. The molecule has 0 saturated carbocycles. The number of carboxylic acids is 1. The summed E-state index contributed by atoms with van der Waals surface area (Å²) in [6, 6.07) is 5.80. The Bertz CT molecular complexity index is 1090. The Morgan fingerprint density at radius 2 is 2.03 bits per heavy atom. The van der Waals surface area contributed by atoms with E-state index in [1.807, 2.05) is 39.0 Å². The molecule has 3 aromatic rings. The van der Waals surface area contributed by atoms with E-state index < -0.39 is 11.8 Å². The van der Waals surface area contributed by atoms with Gasteiger partial charge >= 0.3 is 5.97 Å². The van der Waals surface area contributed by atoms with Gasteiger partial charge in [0.1, 0.15) is 17.1 Å². The first kappa shape index (κ1) is 24.1. The van der Waals surface area contributed by atoms with E-state index >= 15 is 0 Å². The third kappa shape index (κ3) is 6.96. The summed E-state index contributed by atoms with van der Waals surface area (Å²) in [7, 11) is 0. The normalized spacial score (nSPS) is 11.1. The van der Waals surface area contributed by atoms with Crippen LogP contribution in [0.2, 0.25) is 0 Å². The van der Waals surface area contributed by atoms with Crippen molar-refractivity contribution in [1.29, 1.82) is 0 Å². The first-order chi connectivity index (χ1) is 15.8. The standard InChI is InChI=1S/C23H29FN6O3/c1-15(2)30-14-19(28-29-30)22-17(24)13-25-23(27-22)26-18-12-16(3)9-10-20(18)33-11-7-5-4-6-8-21(31)32/h9-10,12-15H,4-8,11H2,1-3H3,(H,31,32)(H,25,26,27). The number of aromatic nitrogens is 5. The SMILES string of the molecule is Cc1ccc(OCCCCCCC(=O)O)c(Nc2ncc(F)c(-c3cn(C(C)C)nn3)n2)c1. The zero-order chi connectivity index (χ0) is 23.8. The number of hydrogen-bond acceptors (Lipinski definition) is 7. The summed E-state index contributed by atoms with van der Waals surface area (Å²) >= 11 is 0. The highest BCUT2D eigenvalue weighted by Crippen LogP contribution is 2.29. The molecule has 2 heterocycles. The van der Waals surface area contributed by atoms with Gasteiger partial charge in [-0.15, -0.1) is 5.10 Å². The topological polar surface area (TPSA) is 115 Å². The maximum absolute atomic E-state index is 14.4. The maximum atomic E-state index is 14.4. The number of unbranched alkanes of at least 4 members (excludes halogenated alkanes) is 3. The van der Waals surface area contributed by atoms with Gasteiger partial charge in [-0.05, 0) is 51.3 Å². The number of aliphatic carboxylic acids is 1. The van der Waals surface area contributed by atoms with Gasteiger partial charge in [-0.3, -0.25) is 4.79 Å². The molecule has 176 valence electrons. The van der Waals surface area contributed by atoms with Gasteiger partial charge in [-0.1, -0.05) is 24.1 Å². The molecule has 10 heteroatoms.